The molecule has 0 unspecified atom stereocenters. The highest BCUT2D eigenvalue weighted by atomic mass is 16.2. The van der Waals surface area contributed by atoms with Crippen molar-refractivity contribution in [3.05, 3.63) is 42.0 Å². The third-order valence-electron chi connectivity index (χ3n) is 2.80. The van der Waals surface area contributed by atoms with Crippen molar-refractivity contribution < 1.29 is 14.4 Å². The molecule has 0 spiro atoms. The lowest BCUT2D eigenvalue weighted by Crippen LogP contribution is -2.36. The second-order valence-electron chi connectivity index (χ2n) is 4.09. The predicted octanol–water partition coefficient (Wildman–Crippen LogP) is 2.09. The van der Waals surface area contributed by atoms with E-state index in [0.717, 1.165) is 29.8 Å². The molecule has 0 N–H and O–H groups in total. The highest BCUT2D eigenvalue weighted by Gasteiger charge is 2.22. The van der Waals surface area contributed by atoms with Gasteiger partial charge in [-0.3, -0.25) is 4.79 Å². The van der Waals surface area contributed by atoms with Crippen LogP contribution in [0.1, 0.15) is 18.4 Å². The molecule has 1 aromatic carbocycles. The maximum absolute atomic E-state index is 11.8. The Kier molecular flexibility index (Phi) is 5.03. The van der Waals surface area contributed by atoms with Crippen molar-refractivity contribution in [2.45, 2.75) is 19.8 Å². The summed E-state index contributed by atoms with van der Waals surface area (Å²) in [6, 6.07) is 8.00. The summed E-state index contributed by atoms with van der Waals surface area (Å²) in [5, 5.41) is 0. The van der Waals surface area contributed by atoms with Gasteiger partial charge in [0.1, 0.15) is 0 Å². The number of hydrogen-bond donors (Lipinski definition) is 0. The van der Waals surface area contributed by atoms with Gasteiger partial charge in [-0.05, 0) is 25.0 Å². The molecule has 4 nitrogen and oxygen atoms in total. The molecule has 0 atom stereocenters. The molecule has 18 heavy (non-hydrogen) atoms. The van der Waals surface area contributed by atoms with Crippen LogP contribution in [0.4, 0.5) is 5.69 Å². The minimum Gasteiger partial charge on any atom is -0.312 e. The number of aryl methyl sites for hydroxylation is 1. The maximum atomic E-state index is 11.8. The first-order chi connectivity index (χ1) is 8.60. The van der Waals surface area contributed by atoms with Gasteiger partial charge in [0.15, 0.2) is 0 Å². The zero-order valence-electron chi connectivity index (χ0n) is 10.3. The molecule has 0 radical (unpaired) electrons. The molecule has 0 aliphatic carbocycles. The van der Waals surface area contributed by atoms with E-state index in [1.54, 1.807) is 0 Å². The lowest BCUT2D eigenvalue weighted by Gasteiger charge is -2.29. The largest absolute Gasteiger partial charge is 0.373 e. The minimum atomic E-state index is 0.167. The zero-order valence-corrected chi connectivity index (χ0v) is 10.3. The van der Waals surface area contributed by atoms with E-state index in [4.69, 9.17) is 9.59 Å². The molecule has 1 amide bonds. The molecule has 1 fully saturated rings. The third kappa shape index (κ3) is 3.40. The van der Waals surface area contributed by atoms with E-state index in [-0.39, 0.29) is 12.1 Å². The van der Waals surface area contributed by atoms with Crippen LogP contribution >= 0.6 is 0 Å². The third-order valence-corrected chi connectivity index (χ3v) is 2.80. The van der Waals surface area contributed by atoms with E-state index in [0.29, 0.717) is 6.42 Å². The van der Waals surface area contributed by atoms with Gasteiger partial charge >= 0.3 is 6.15 Å². The standard InChI is InChI=1S/C13H15NO.CO2/c1-10-7-8-14(13(15)9-10)12-6-4-3-5-11(12)2;2-1-3/h3-6H,1,7-9H2,2H3;. The number of benzene rings is 1. The average molecular weight is 245 g/mol. The summed E-state index contributed by atoms with van der Waals surface area (Å²) >= 11 is 0. The highest BCUT2D eigenvalue weighted by molar-refractivity contribution is 5.96. The van der Waals surface area contributed by atoms with Crippen LogP contribution in [-0.4, -0.2) is 18.6 Å². The van der Waals surface area contributed by atoms with Gasteiger partial charge in [-0.25, -0.2) is 0 Å². The van der Waals surface area contributed by atoms with Crippen LogP contribution in [0.2, 0.25) is 0 Å². The van der Waals surface area contributed by atoms with Gasteiger partial charge in [-0.2, -0.15) is 9.59 Å². The first kappa shape index (κ1) is 13.9. The molecule has 1 aliphatic rings. The van der Waals surface area contributed by atoms with Gasteiger partial charge in [0, 0.05) is 18.7 Å². The molecule has 1 aromatic rings. The lowest BCUT2D eigenvalue weighted by atomic mass is 10.0. The Balaban J connectivity index is 0.000000492. The van der Waals surface area contributed by atoms with Gasteiger partial charge in [0.05, 0.1) is 0 Å². The van der Waals surface area contributed by atoms with Crippen molar-refractivity contribution in [1.29, 1.82) is 0 Å². The molecule has 1 aliphatic heterocycles. The number of carbonyl (C=O) groups is 1. The predicted molar refractivity (Wildman–Crippen MR) is 66.9 cm³/mol. The Hall–Kier alpha value is -2.19. The van der Waals surface area contributed by atoms with Crippen LogP contribution in [-0.2, 0) is 14.4 Å². The molecule has 2 rings (SSSR count). The molecule has 0 aromatic heterocycles. The van der Waals surface area contributed by atoms with E-state index in [9.17, 15) is 4.79 Å². The van der Waals surface area contributed by atoms with Crippen LogP contribution in [0.3, 0.4) is 0 Å². The smallest absolute Gasteiger partial charge is 0.312 e. The quantitative estimate of drug-likeness (QED) is 0.712. The fourth-order valence-corrected chi connectivity index (χ4v) is 1.91. The fourth-order valence-electron chi connectivity index (χ4n) is 1.91. The lowest BCUT2D eigenvalue weighted by molar-refractivity contribution is -0.191. The Morgan fingerprint density at radius 3 is 2.44 bits per heavy atom. The van der Waals surface area contributed by atoms with Crippen molar-refractivity contribution in [2.24, 2.45) is 0 Å². The second kappa shape index (κ2) is 6.52. The Bertz CT molecular complexity index is 488. The van der Waals surface area contributed by atoms with E-state index in [1.165, 1.54) is 0 Å². The molecule has 1 heterocycles. The normalized spacial score (nSPS) is 14.6. The molecular weight excluding hydrogens is 230 g/mol. The van der Waals surface area contributed by atoms with E-state index in [1.807, 2.05) is 36.1 Å². The molecule has 0 saturated carbocycles. The Labute approximate surface area is 106 Å². The first-order valence-electron chi connectivity index (χ1n) is 5.62. The van der Waals surface area contributed by atoms with Gasteiger partial charge in [0.2, 0.25) is 5.91 Å². The van der Waals surface area contributed by atoms with Crippen molar-refractivity contribution >= 4 is 17.7 Å². The summed E-state index contributed by atoms with van der Waals surface area (Å²) in [4.78, 5) is 29.9. The van der Waals surface area contributed by atoms with Crippen molar-refractivity contribution in [3.63, 3.8) is 0 Å². The van der Waals surface area contributed by atoms with Crippen molar-refractivity contribution in [3.8, 4) is 0 Å². The van der Waals surface area contributed by atoms with E-state index < -0.39 is 0 Å². The SMILES string of the molecule is C=C1CCN(c2ccccc2C)C(=O)C1.O=C=O. The second-order valence-corrected chi connectivity index (χ2v) is 4.09. The number of rotatable bonds is 1. The number of nitrogens with zero attached hydrogens (tertiary/aromatic N) is 1. The summed E-state index contributed by atoms with van der Waals surface area (Å²) in [7, 11) is 0. The summed E-state index contributed by atoms with van der Waals surface area (Å²) < 4.78 is 0. The monoisotopic (exact) mass is 245 g/mol. The maximum Gasteiger partial charge on any atom is 0.373 e. The van der Waals surface area contributed by atoms with Gasteiger partial charge in [-0.1, -0.05) is 30.4 Å². The number of carbonyl (C=O) groups excluding carboxylic acids is 3. The van der Waals surface area contributed by atoms with E-state index >= 15 is 0 Å². The Morgan fingerprint density at radius 1 is 1.28 bits per heavy atom. The molecule has 4 heteroatoms. The topological polar surface area (TPSA) is 54.5 Å². The van der Waals surface area contributed by atoms with Gasteiger partial charge in [0.25, 0.3) is 0 Å². The average Bonchev–Trinajstić information content (AvgIpc) is 2.32. The summed E-state index contributed by atoms with van der Waals surface area (Å²) in [6.07, 6.45) is 1.66. The van der Waals surface area contributed by atoms with Crippen LogP contribution in [0.5, 0.6) is 0 Å². The number of piperidine rings is 1. The summed E-state index contributed by atoms with van der Waals surface area (Å²) in [5.41, 5.74) is 3.23. The van der Waals surface area contributed by atoms with Crippen molar-refractivity contribution in [1.82, 2.24) is 0 Å². The number of anilines is 1. The zero-order chi connectivity index (χ0) is 13.5. The van der Waals surface area contributed by atoms with Gasteiger partial charge < -0.3 is 4.90 Å². The van der Waals surface area contributed by atoms with Crippen molar-refractivity contribution in [2.75, 3.05) is 11.4 Å². The highest BCUT2D eigenvalue weighted by Crippen LogP contribution is 2.25. The fraction of sp³-hybridized carbons (Fsp3) is 0.286. The molecular formula is C14H15NO3. The summed E-state index contributed by atoms with van der Waals surface area (Å²) in [5.74, 6) is 0.167. The van der Waals surface area contributed by atoms with E-state index in [2.05, 4.69) is 6.58 Å². The van der Waals surface area contributed by atoms with Crippen LogP contribution in [0, 0.1) is 6.92 Å². The molecule has 94 valence electrons. The minimum absolute atomic E-state index is 0.167. The van der Waals surface area contributed by atoms with Crippen LogP contribution in [0.15, 0.2) is 36.4 Å². The number of para-hydroxylation sites is 1. The molecule has 0 bridgehead atoms. The number of hydrogen-bond acceptors (Lipinski definition) is 3. The number of amides is 1. The van der Waals surface area contributed by atoms with Crippen LogP contribution < -0.4 is 4.90 Å². The molecule has 1 saturated heterocycles. The Morgan fingerprint density at radius 2 is 1.89 bits per heavy atom. The first-order valence-corrected chi connectivity index (χ1v) is 5.62. The van der Waals surface area contributed by atoms with Crippen LogP contribution in [0.25, 0.3) is 0 Å². The van der Waals surface area contributed by atoms with Gasteiger partial charge in [-0.15, -0.1) is 0 Å². The summed E-state index contributed by atoms with van der Waals surface area (Å²) in [6.45, 7) is 6.67.